The SMILES string of the molecule is C=NC(C)(CC)CCNC(=O)ON1C(=O)CC(C)C1=O. The van der Waals surface area contributed by atoms with Gasteiger partial charge in [-0.15, -0.1) is 5.06 Å². The van der Waals surface area contributed by atoms with E-state index in [0.29, 0.717) is 18.0 Å². The highest BCUT2D eigenvalue weighted by Crippen LogP contribution is 2.19. The van der Waals surface area contributed by atoms with Crippen molar-refractivity contribution in [2.45, 2.75) is 45.6 Å². The van der Waals surface area contributed by atoms with E-state index in [0.717, 1.165) is 6.42 Å². The van der Waals surface area contributed by atoms with Gasteiger partial charge in [0.15, 0.2) is 0 Å². The predicted octanol–water partition coefficient (Wildman–Crippen LogP) is 1.28. The van der Waals surface area contributed by atoms with Crippen LogP contribution < -0.4 is 5.32 Å². The number of imide groups is 1. The molecule has 1 N–H and O–H groups in total. The Kier molecular flexibility index (Phi) is 5.24. The standard InChI is InChI=1S/C13H21N3O4/c1-5-13(3,14-4)6-7-15-12(19)20-16-10(17)8-9(2)11(16)18/h9H,4-8H2,1-3H3,(H,15,19). The minimum atomic E-state index is -0.816. The molecule has 1 fully saturated rings. The molecule has 3 amide bonds. The lowest BCUT2D eigenvalue weighted by Crippen LogP contribution is -2.39. The predicted molar refractivity (Wildman–Crippen MR) is 73.0 cm³/mol. The second-order valence-corrected chi connectivity index (χ2v) is 5.20. The molecule has 0 aromatic rings. The molecule has 0 radical (unpaired) electrons. The first-order valence-electron chi connectivity index (χ1n) is 6.63. The van der Waals surface area contributed by atoms with Gasteiger partial charge in [0.05, 0.1) is 5.54 Å². The van der Waals surface area contributed by atoms with Gasteiger partial charge in [-0.3, -0.25) is 14.6 Å². The maximum Gasteiger partial charge on any atom is 0.432 e. The van der Waals surface area contributed by atoms with Crippen molar-refractivity contribution in [2.75, 3.05) is 6.54 Å². The number of amides is 3. The lowest BCUT2D eigenvalue weighted by atomic mass is 9.96. The molecule has 1 aliphatic heterocycles. The molecule has 1 rings (SSSR count). The van der Waals surface area contributed by atoms with Crippen molar-refractivity contribution in [2.24, 2.45) is 10.9 Å². The topological polar surface area (TPSA) is 88.1 Å². The number of nitrogens with one attached hydrogen (secondary N) is 1. The number of carbonyl (C=O) groups is 3. The summed E-state index contributed by atoms with van der Waals surface area (Å²) < 4.78 is 0. The van der Waals surface area contributed by atoms with E-state index >= 15 is 0 Å². The molecule has 0 spiro atoms. The molecule has 0 aromatic heterocycles. The van der Waals surface area contributed by atoms with Crippen LogP contribution in [0.2, 0.25) is 0 Å². The van der Waals surface area contributed by atoms with Crippen LogP contribution in [0.4, 0.5) is 4.79 Å². The lowest BCUT2D eigenvalue weighted by Gasteiger charge is -2.22. The van der Waals surface area contributed by atoms with Gasteiger partial charge in [-0.1, -0.05) is 13.8 Å². The van der Waals surface area contributed by atoms with Gasteiger partial charge in [0.1, 0.15) is 0 Å². The number of hydrogen-bond donors (Lipinski definition) is 1. The van der Waals surface area contributed by atoms with Crippen LogP contribution in [0.3, 0.4) is 0 Å². The van der Waals surface area contributed by atoms with Gasteiger partial charge < -0.3 is 10.2 Å². The Morgan fingerprint density at radius 1 is 1.60 bits per heavy atom. The van der Waals surface area contributed by atoms with Crippen LogP contribution in [0.25, 0.3) is 0 Å². The van der Waals surface area contributed by atoms with Crippen molar-refractivity contribution < 1.29 is 19.2 Å². The molecule has 1 heterocycles. The summed E-state index contributed by atoms with van der Waals surface area (Å²) in [7, 11) is 0. The third kappa shape index (κ3) is 3.79. The van der Waals surface area contributed by atoms with Gasteiger partial charge in [-0.2, -0.15) is 0 Å². The number of hydroxylamine groups is 2. The maximum absolute atomic E-state index is 11.6. The summed E-state index contributed by atoms with van der Waals surface area (Å²) in [4.78, 5) is 43.3. The third-order valence-corrected chi connectivity index (χ3v) is 3.58. The van der Waals surface area contributed by atoms with Crippen molar-refractivity contribution >= 4 is 24.6 Å². The van der Waals surface area contributed by atoms with Crippen LogP contribution >= 0.6 is 0 Å². The number of hydrogen-bond acceptors (Lipinski definition) is 5. The Labute approximate surface area is 118 Å². The monoisotopic (exact) mass is 283 g/mol. The van der Waals surface area contributed by atoms with Crippen LogP contribution in [0.5, 0.6) is 0 Å². The number of rotatable bonds is 6. The number of nitrogens with zero attached hydrogens (tertiary/aromatic N) is 2. The second kappa shape index (κ2) is 6.49. The molecule has 0 bridgehead atoms. The average Bonchev–Trinajstić information content (AvgIpc) is 2.65. The smallest absolute Gasteiger partial charge is 0.320 e. The molecule has 0 saturated carbocycles. The third-order valence-electron chi connectivity index (χ3n) is 3.58. The molecule has 112 valence electrons. The number of carbonyl (C=O) groups excluding carboxylic acids is 3. The van der Waals surface area contributed by atoms with E-state index in [-0.39, 0.29) is 12.0 Å². The summed E-state index contributed by atoms with van der Waals surface area (Å²) in [6, 6.07) is 0. The van der Waals surface area contributed by atoms with Crippen molar-refractivity contribution in [3.8, 4) is 0 Å². The Balaban J connectivity index is 2.40. The van der Waals surface area contributed by atoms with E-state index in [2.05, 4.69) is 17.0 Å². The molecule has 0 aliphatic carbocycles. The number of aliphatic imine (C=N–C) groups is 1. The van der Waals surface area contributed by atoms with E-state index in [9.17, 15) is 14.4 Å². The first-order chi connectivity index (χ1) is 9.33. The van der Waals surface area contributed by atoms with Crippen molar-refractivity contribution in [1.29, 1.82) is 0 Å². The Morgan fingerprint density at radius 3 is 2.70 bits per heavy atom. The van der Waals surface area contributed by atoms with Gasteiger partial charge in [0, 0.05) is 18.9 Å². The molecule has 2 unspecified atom stereocenters. The maximum atomic E-state index is 11.6. The molecule has 7 nitrogen and oxygen atoms in total. The normalized spacial score (nSPS) is 21.6. The largest absolute Gasteiger partial charge is 0.432 e. The molecule has 1 saturated heterocycles. The second-order valence-electron chi connectivity index (χ2n) is 5.20. The summed E-state index contributed by atoms with van der Waals surface area (Å²) in [5, 5.41) is 3.03. The summed E-state index contributed by atoms with van der Waals surface area (Å²) in [5.41, 5.74) is -0.304. The van der Waals surface area contributed by atoms with E-state index in [4.69, 9.17) is 4.84 Å². The molecule has 2 atom stereocenters. The molecular formula is C13H21N3O4. The summed E-state index contributed by atoms with van der Waals surface area (Å²) in [5.74, 6) is -1.43. The van der Waals surface area contributed by atoms with Gasteiger partial charge in [0.25, 0.3) is 11.8 Å². The molecule has 20 heavy (non-hydrogen) atoms. The average molecular weight is 283 g/mol. The molecule has 0 aromatic carbocycles. The fourth-order valence-electron chi connectivity index (χ4n) is 1.77. The fraction of sp³-hybridized carbons (Fsp3) is 0.692. The van der Waals surface area contributed by atoms with Gasteiger partial charge in [-0.05, 0) is 26.5 Å². The highest BCUT2D eigenvalue weighted by atomic mass is 16.7. The minimum Gasteiger partial charge on any atom is -0.320 e. The zero-order valence-electron chi connectivity index (χ0n) is 12.1. The molecular weight excluding hydrogens is 262 g/mol. The highest BCUT2D eigenvalue weighted by molar-refractivity contribution is 6.02. The molecule has 7 heteroatoms. The van der Waals surface area contributed by atoms with Crippen LogP contribution in [-0.2, 0) is 14.4 Å². The fourth-order valence-corrected chi connectivity index (χ4v) is 1.77. The van der Waals surface area contributed by atoms with Crippen LogP contribution in [0, 0.1) is 5.92 Å². The first kappa shape index (κ1) is 16.1. The van der Waals surface area contributed by atoms with E-state index < -0.39 is 23.8 Å². The summed E-state index contributed by atoms with van der Waals surface area (Å²) >= 11 is 0. The van der Waals surface area contributed by atoms with Crippen LogP contribution in [-0.4, -0.2) is 41.8 Å². The quantitative estimate of drug-likeness (QED) is 0.587. The van der Waals surface area contributed by atoms with E-state index in [1.807, 2.05) is 13.8 Å². The zero-order chi connectivity index (χ0) is 15.3. The lowest BCUT2D eigenvalue weighted by molar-refractivity contribution is -0.172. The van der Waals surface area contributed by atoms with Crippen molar-refractivity contribution in [1.82, 2.24) is 10.4 Å². The van der Waals surface area contributed by atoms with Crippen LogP contribution in [0.1, 0.15) is 40.0 Å². The van der Waals surface area contributed by atoms with E-state index in [1.165, 1.54) is 0 Å². The van der Waals surface area contributed by atoms with E-state index in [1.54, 1.807) is 6.92 Å². The highest BCUT2D eigenvalue weighted by Gasteiger charge is 2.39. The minimum absolute atomic E-state index is 0.0698. The first-order valence-corrected chi connectivity index (χ1v) is 6.63. The zero-order valence-corrected chi connectivity index (χ0v) is 12.1. The van der Waals surface area contributed by atoms with Gasteiger partial charge in [-0.25, -0.2) is 4.79 Å². The summed E-state index contributed by atoms with van der Waals surface area (Å²) in [6.07, 6.45) is 0.651. The summed E-state index contributed by atoms with van der Waals surface area (Å²) in [6.45, 7) is 9.38. The van der Waals surface area contributed by atoms with Crippen LogP contribution in [0.15, 0.2) is 4.99 Å². The van der Waals surface area contributed by atoms with Crippen molar-refractivity contribution in [3.05, 3.63) is 0 Å². The van der Waals surface area contributed by atoms with Crippen molar-refractivity contribution in [3.63, 3.8) is 0 Å². The molecule has 1 aliphatic rings. The Bertz CT molecular complexity index is 424. The van der Waals surface area contributed by atoms with Gasteiger partial charge >= 0.3 is 6.09 Å². The Hall–Kier alpha value is -1.92. The Morgan fingerprint density at radius 2 is 2.25 bits per heavy atom. The van der Waals surface area contributed by atoms with Gasteiger partial charge in [0.2, 0.25) is 0 Å².